The first-order valence-corrected chi connectivity index (χ1v) is 6.98. The van der Waals surface area contributed by atoms with Crippen LogP contribution in [0.3, 0.4) is 0 Å². The Kier molecular flexibility index (Phi) is 3.89. The van der Waals surface area contributed by atoms with Crippen LogP contribution in [-0.4, -0.2) is 16.0 Å². The molecular weight excluding hydrogens is 302 g/mol. The molecule has 6 heteroatoms. The predicted molar refractivity (Wildman–Crippen MR) is 83.9 cm³/mol. The zero-order valence-electron chi connectivity index (χ0n) is 11.7. The number of aryl methyl sites for hydroxylation is 1. The molecule has 0 spiro atoms. The van der Waals surface area contributed by atoms with Crippen LogP contribution in [0.4, 0.5) is 5.69 Å². The van der Waals surface area contributed by atoms with Gasteiger partial charge in [-0.1, -0.05) is 28.9 Å². The highest BCUT2D eigenvalue weighted by Crippen LogP contribution is 2.26. The minimum absolute atomic E-state index is 0.236. The molecule has 1 amide bonds. The number of benzene rings is 2. The highest BCUT2D eigenvalue weighted by atomic mass is 35.5. The fraction of sp³-hybridized carbons (Fsp3) is 0.0625. The largest absolute Gasteiger partial charge is 0.334 e. The van der Waals surface area contributed by atoms with Crippen LogP contribution in [0.2, 0.25) is 5.02 Å². The number of carbonyl (C=O) groups excluding carboxylic acids is 1. The second kappa shape index (κ2) is 5.99. The first-order valence-electron chi connectivity index (χ1n) is 6.60. The quantitative estimate of drug-likeness (QED) is 0.795. The van der Waals surface area contributed by atoms with E-state index < -0.39 is 0 Å². The average molecular weight is 314 g/mol. The van der Waals surface area contributed by atoms with E-state index in [1.54, 1.807) is 37.3 Å². The molecule has 0 saturated heterocycles. The van der Waals surface area contributed by atoms with Gasteiger partial charge in [-0.3, -0.25) is 4.79 Å². The normalized spacial score (nSPS) is 10.5. The van der Waals surface area contributed by atoms with E-state index in [2.05, 4.69) is 15.5 Å². The third-order valence-corrected chi connectivity index (χ3v) is 3.29. The number of nitrogens with one attached hydrogen (secondary N) is 1. The summed E-state index contributed by atoms with van der Waals surface area (Å²) in [5, 5.41) is 7.19. The van der Waals surface area contributed by atoms with Crippen molar-refractivity contribution in [3.8, 4) is 11.5 Å². The summed E-state index contributed by atoms with van der Waals surface area (Å²) < 4.78 is 5.16. The number of hydrogen-bond acceptors (Lipinski definition) is 4. The van der Waals surface area contributed by atoms with E-state index in [0.717, 1.165) is 0 Å². The van der Waals surface area contributed by atoms with Gasteiger partial charge in [-0.2, -0.15) is 4.98 Å². The van der Waals surface area contributed by atoms with Crippen molar-refractivity contribution >= 4 is 23.2 Å². The number of carbonyl (C=O) groups is 1. The van der Waals surface area contributed by atoms with E-state index in [0.29, 0.717) is 33.6 Å². The van der Waals surface area contributed by atoms with Crippen LogP contribution in [0.15, 0.2) is 53.1 Å². The predicted octanol–water partition coefficient (Wildman–Crippen LogP) is 3.95. The number of para-hydroxylation sites is 1. The molecule has 0 aliphatic rings. The van der Waals surface area contributed by atoms with Crippen LogP contribution in [0.25, 0.3) is 11.5 Å². The summed E-state index contributed by atoms with van der Waals surface area (Å²) in [4.78, 5) is 16.5. The van der Waals surface area contributed by atoms with Gasteiger partial charge in [-0.25, -0.2) is 0 Å². The van der Waals surface area contributed by atoms with Crippen molar-refractivity contribution in [2.24, 2.45) is 0 Å². The Labute approximate surface area is 131 Å². The Morgan fingerprint density at radius 3 is 2.55 bits per heavy atom. The molecule has 5 nitrogen and oxygen atoms in total. The molecule has 0 radical (unpaired) electrons. The number of hydrogen-bond donors (Lipinski definition) is 1. The zero-order chi connectivity index (χ0) is 15.5. The van der Waals surface area contributed by atoms with Crippen molar-refractivity contribution in [3.63, 3.8) is 0 Å². The highest BCUT2D eigenvalue weighted by molar-refractivity contribution is 6.30. The van der Waals surface area contributed by atoms with Crippen LogP contribution in [-0.2, 0) is 0 Å². The molecule has 0 unspecified atom stereocenters. The summed E-state index contributed by atoms with van der Waals surface area (Å²) in [6.45, 7) is 1.74. The Morgan fingerprint density at radius 2 is 1.86 bits per heavy atom. The minimum Gasteiger partial charge on any atom is -0.334 e. The number of anilines is 1. The van der Waals surface area contributed by atoms with E-state index >= 15 is 0 Å². The molecule has 110 valence electrons. The summed E-state index contributed by atoms with van der Waals surface area (Å²) in [6, 6.07) is 13.9. The maximum atomic E-state index is 12.3. The monoisotopic (exact) mass is 313 g/mol. The Bertz CT molecular complexity index is 812. The Balaban J connectivity index is 1.89. The molecule has 0 aliphatic carbocycles. The summed E-state index contributed by atoms with van der Waals surface area (Å²) in [7, 11) is 0. The summed E-state index contributed by atoms with van der Waals surface area (Å²) in [5.74, 6) is 0.665. The molecule has 1 heterocycles. The molecule has 0 atom stereocenters. The summed E-state index contributed by atoms with van der Waals surface area (Å²) in [6.07, 6.45) is 0. The molecule has 2 aromatic carbocycles. The molecule has 0 aliphatic heterocycles. The lowest BCUT2D eigenvalue weighted by Crippen LogP contribution is -2.12. The molecule has 22 heavy (non-hydrogen) atoms. The number of nitrogens with zero attached hydrogens (tertiary/aromatic N) is 2. The van der Waals surface area contributed by atoms with Crippen LogP contribution in [0.1, 0.15) is 16.2 Å². The van der Waals surface area contributed by atoms with E-state index in [1.807, 2.05) is 18.2 Å². The lowest BCUT2D eigenvalue weighted by Gasteiger charge is -2.08. The number of aromatic nitrogens is 2. The average Bonchev–Trinajstić information content (AvgIpc) is 2.95. The third kappa shape index (κ3) is 2.99. The van der Waals surface area contributed by atoms with Crippen molar-refractivity contribution < 1.29 is 9.32 Å². The minimum atomic E-state index is -0.236. The third-order valence-electron chi connectivity index (χ3n) is 3.04. The zero-order valence-corrected chi connectivity index (χ0v) is 12.5. The van der Waals surface area contributed by atoms with Gasteiger partial charge in [0.05, 0.1) is 11.3 Å². The van der Waals surface area contributed by atoms with Crippen LogP contribution in [0.5, 0.6) is 0 Å². The molecule has 0 bridgehead atoms. The number of rotatable bonds is 3. The second-order valence-corrected chi connectivity index (χ2v) is 5.09. The van der Waals surface area contributed by atoms with Crippen molar-refractivity contribution in [1.29, 1.82) is 0 Å². The van der Waals surface area contributed by atoms with Gasteiger partial charge in [0.25, 0.3) is 11.8 Å². The van der Waals surface area contributed by atoms with Gasteiger partial charge in [-0.05, 0) is 43.3 Å². The Hall–Kier alpha value is -2.66. The molecule has 0 fully saturated rings. The van der Waals surface area contributed by atoms with E-state index in [-0.39, 0.29) is 5.91 Å². The molecule has 3 rings (SSSR count). The first-order chi connectivity index (χ1) is 10.6. The van der Waals surface area contributed by atoms with E-state index in [9.17, 15) is 4.79 Å². The summed E-state index contributed by atoms with van der Waals surface area (Å²) >= 11 is 5.82. The van der Waals surface area contributed by atoms with Crippen LogP contribution < -0.4 is 5.32 Å². The van der Waals surface area contributed by atoms with Gasteiger partial charge < -0.3 is 9.84 Å². The molecule has 1 aromatic heterocycles. The lowest BCUT2D eigenvalue weighted by molar-refractivity contribution is 0.102. The van der Waals surface area contributed by atoms with Crippen molar-refractivity contribution in [3.05, 3.63) is 64.9 Å². The van der Waals surface area contributed by atoms with Gasteiger partial charge in [0.2, 0.25) is 0 Å². The molecule has 0 saturated carbocycles. The molecule has 1 N–H and O–H groups in total. The van der Waals surface area contributed by atoms with Gasteiger partial charge in [0, 0.05) is 10.6 Å². The fourth-order valence-corrected chi connectivity index (χ4v) is 2.11. The van der Waals surface area contributed by atoms with Crippen molar-refractivity contribution in [2.75, 3.05) is 5.32 Å². The topological polar surface area (TPSA) is 68.0 Å². The van der Waals surface area contributed by atoms with Gasteiger partial charge in [-0.15, -0.1) is 0 Å². The summed E-state index contributed by atoms with van der Waals surface area (Å²) in [5.41, 5.74) is 1.79. The second-order valence-electron chi connectivity index (χ2n) is 4.65. The molecule has 3 aromatic rings. The maximum Gasteiger partial charge on any atom is 0.260 e. The first kappa shape index (κ1) is 14.3. The van der Waals surface area contributed by atoms with Crippen molar-refractivity contribution in [2.45, 2.75) is 6.92 Å². The van der Waals surface area contributed by atoms with Gasteiger partial charge in [0.1, 0.15) is 0 Å². The smallest absolute Gasteiger partial charge is 0.260 e. The maximum absolute atomic E-state index is 12.3. The lowest BCUT2D eigenvalue weighted by atomic mass is 10.1. The van der Waals surface area contributed by atoms with Crippen LogP contribution in [0, 0.1) is 6.92 Å². The number of amides is 1. The SMILES string of the molecule is Cc1noc(-c2ccccc2NC(=O)c2ccc(Cl)cc2)n1. The standard InChI is InChI=1S/C16H12ClN3O2/c1-10-18-16(22-20-10)13-4-2-3-5-14(13)19-15(21)11-6-8-12(17)9-7-11/h2-9H,1H3,(H,19,21). The fourth-order valence-electron chi connectivity index (χ4n) is 1.98. The molecular formula is C16H12ClN3O2. The van der Waals surface area contributed by atoms with E-state index in [1.165, 1.54) is 0 Å². The van der Waals surface area contributed by atoms with E-state index in [4.69, 9.17) is 16.1 Å². The van der Waals surface area contributed by atoms with Crippen LogP contribution >= 0.6 is 11.6 Å². The van der Waals surface area contributed by atoms with Crippen molar-refractivity contribution in [1.82, 2.24) is 10.1 Å². The number of halogens is 1. The van der Waals surface area contributed by atoms with Gasteiger partial charge >= 0.3 is 0 Å². The van der Waals surface area contributed by atoms with Gasteiger partial charge in [0.15, 0.2) is 5.82 Å². The highest BCUT2D eigenvalue weighted by Gasteiger charge is 2.14. The Morgan fingerprint density at radius 1 is 1.14 bits per heavy atom.